The molecule has 1 aliphatic heterocycles. The maximum absolute atomic E-state index is 13.5. The highest BCUT2D eigenvalue weighted by molar-refractivity contribution is 6.32. The molecule has 8 nitrogen and oxygen atoms in total. The van der Waals surface area contributed by atoms with Gasteiger partial charge in [-0.05, 0) is 74.3 Å². The minimum absolute atomic E-state index is 0.0577. The van der Waals surface area contributed by atoms with Crippen molar-refractivity contribution >= 4 is 35.5 Å². The van der Waals surface area contributed by atoms with Crippen LogP contribution in [-0.2, 0) is 14.4 Å². The number of aromatic hydroxyl groups is 1. The summed E-state index contributed by atoms with van der Waals surface area (Å²) in [5.74, 6) is -3.16. The smallest absolute Gasteiger partial charge is 0.303 e. The molecule has 2 amide bonds. The standard InChI is InChI=1S/C31H42ClNO7/c1-3-8-21-16-23-29(31(40)33(30(23)39)14-7-5-6-9-27(37)38)24(18-34)28(21)26(36)13-10-19(4-2)15-20-11-12-22(35)17-25(20)32/h11-12,15,17,23-24,26,29,34-36H,3-10,13-14,16,18H2,1-2H3,(H,37,38)/b19-15+/t23-,24+,26-,29-/m1/s1. The number of carbonyl (C=O) groups is 3. The average Bonchev–Trinajstić information content (AvgIpc) is 3.15. The molecule has 1 aromatic rings. The number of fused-ring (bicyclic) bond motifs is 1. The molecular formula is C31H42ClNO7. The molecule has 1 heterocycles. The number of amides is 2. The molecule has 220 valence electrons. The number of carboxylic acid groups (broad SMARTS) is 1. The first-order chi connectivity index (χ1) is 19.1. The molecule has 1 aliphatic carbocycles. The van der Waals surface area contributed by atoms with Gasteiger partial charge in [-0.1, -0.05) is 55.5 Å². The van der Waals surface area contributed by atoms with Crippen LogP contribution in [0.3, 0.4) is 0 Å². The van der Waals surface area contributed by atoms with Crippen molar-refractivity contribution in [2.75, 3.05) is 13.2 Å². The van der Waals surface area contributed by atoms with Gasteiger partial charge in [0.1, 0.15) is 5.75 Å². The normalized spacial score (nSPS) is 22.2. The summed E-state index contributed by atoms with van der Waals surface area (Å²) in [6, 6.07) is 4.81. The Morgan fingerprint density at radius 2 is 1.90 bits per heavy atom. The van der Waals surface area contributed by atoms with Crippen LogP contribution in [0, 0.1) is 17.8 Å². The highest BCUT2D eigenvalue weighted by Gasteiger charge is 2.54. The number of allylic oxidation sites excluding steroid dienone is 2. The molecule has 3 rings (SSSR count). The number of hydrogen-bond donors (Lipinski definition) is 4. The zero-order valence-electron chi connectivity index (χ0n) is 23.4. The number of aliphatic hydroxyl groups excluding tert-OH is 2. The van der Waals surface area contributed by atoms with Gasteiger partial charge in [0, 0.05) is 18.9 Å². The first-order valence-electron chi connectivity index (χ1n) is 14.4. The predicted molar refractivity (Wildman–Crippen MR) is 154 cm³/mol. The summed E-state index contributed by atoms with van der Waals surface area (Å²) in [7, 11) is 0. The number of nitrogens with zero attached hydrogens (tertiary/aromatic N) is 1. The number of rotatable bonds is 15. The maximum atomic E-state index is 13.5. The van der Waals surface area contributed by atoms with Crippen molar-refractivity contribution in [1.82, 2.24) is 4.90 Å². The van der Waals surface area contributed by atoms with Crippen molar-refractivity contribution in [3.05, 3.63) is 45.5 Å². The van der Waals surface area contributed by atoms with Crippen LogP contribution in [0.15, 0.2) is 34.9 Å². The van der Waals surface area contributed by atoms with E-state index >= 15 is 0 Å². The minimum Gasteiger partial charge on any atom is -0.508 e. The summed E-state index contributed by atoms with van der Waals surface area (Å²) in [4.78, 5) is 38.8. The van der Waals surface area contributed by atoms with E-state index in [1.165, 1.54) is 11.0 Å². The molecule has 1 aromatic carbocycles. The highest BCUT2D eigenvalue weighted by Crippen LogP contribution is 2.47. The van der Waals surface area contributed by atoms with Gasteiger partial charge < -0.3 is 20.4 Å². The van der Waals surface area contributed by atoms with E-state index in [9.17, 15) is 29.7 Å². The van der Waals surface area contributed by atoms with E-state index in [0.29, 0.717) is 55.5 Å². The predicted octanol–water partition coefficient (Wildman–Crippen LogP) is 5.34. The van der Waals surface area contributed by atoms with Crippen LogP contribution in [0.2, 0.25) is 5.02 Å². The number of imide groups is 1. The third-order valence-electron chi connectivity index (χ3n) is 8.19. The minimum atomic E-state index is -0.864. The van der Waals surface area contributed by atoms with Gasteiger partial charge in [0.05, 0.1) is 29.6 Å². The summed E-state index contributed by atoms with van der Waals surface area (Å²) in [6.07, 6.45) is 6.42. The lowest BCUT2D eigenvalue weighted by Crippen LogP contribution is -2.39. The highest BCUT2D eigenvalue weighted by atomic mass is 35.5. The molecule has 0 unspecified atom stereocenters. The number of aliphatic carboxylic acids is 1. The molecule has 4 N–H and O–H groups in total. The van der Waals surface area contributed by atoms with Gasteiger partial charge in [-0.15, -0.1) is 0 Å². The third kappa shape index (κ3) is 7.53. The molecule has 0 radical (unpaired) electrons. The summed E-state index contributed by atoms with van der Waals surface area (Å²) >= 11 is 6.28. The van der Waals surface area contributed by atoms with Crippen molar-refractivity contribution < 1.29 is 34.8 Å². The van der Waals surface area contributed by atoms with Crippen molar-refractivity contribution in [3.8, 4) is 5.75 Å². The van der Waals surface area contributed by atoms with Gasteiger partial charge >= 0.3 is 5.97 Å². The second-order valence-electron chi connectivity index (χ2n) is 10.9. The van der Waals surface area contributed by atoms with Crippen LogP contribution < -0.4 is 0 Å². The monoisotopic (exact) mass is 575 g/mol. The summed E-state index contributed by atoms with van der Waals surface area (Å²) in [6.45, 7) is 3.97. The van der Waals surface area contributed by atoms with E-state index in [1.807, 2.05) is 19.9 Å². The number of carboxylic acids is 1. The van der Waals surface area contributed by atoms with Crippen LogP contribution >= 0.6 is 11.6 Å². The van der Waals surface area contributed by atoms with Crippen LogP contribution in [0.5, 0.6) is 5.75 Å². The lowest BCUT2D eigenvalue weighted by Gasteiger charge is -2.36. The molecule has 1 saturated heterocycles. The zero-order valence-corrected chi connectivity index (χ0v) is 24.2. The summed E-state index contributed by atoms with van der Waals surface area (Å²) in [5.41, 5.74) is 3.51. The Balaban J connectivity index is 1.77. The SMILES string of the molecule is CCCC1=C([C@H](O)CC/C(=C/c2ccc(O)cc2Cl)CC)[C@H](CO)[C@@H]2C(=O)N(CCCCCC(=O)O)C(=O)[C@@H]2C1. The van der Waals surface area contributed by atoms with E-state index in [-0.39, 0.29) is 37.1 Å². The fraction of sp³-hybridized carbons (Fsp3) is 0.581. The fourth-order valence-corrected chi connectivity index (χ4v) is 6.42. The molecule has 9 heteroatoms. The molecule has 1 fully saturated rings. The summed E-state index contributed by atoms with van der Waals surface area (Å²) in [5, 5.41) is 40.8. The number of aliphatic hydroxyl groups is 2. The molecule has 4 atom stereocenters. The van der Waals surface area contributed by atoms with E-state index < -0.39 is 29.8 Å². The van der Waals surface area contributed by atoms with Gasteiger partial charge in [-0.2, -0.15) is 0 Å². The van der Waals surface area contributed by atoms with Gasteiger partial charge in [-0.3, -0.25) is 19.3 Å². The number of likely N-dealkylation sites (tertiary alicyclic amines) is 1. The largest absolute Gasteiger partial charge is 0.508 e. The van der Waals surface area contributed by atoms with Gasteiger partial charge in [0.2, 0.25) is 11.8 Å². The number of phenolic OH excluding ortho intramolecular Hbond substituents is 1. The van der Waals surface area contributed by atoms with Crippen LogP contribution in [-0.4, -0.2) is 62.4 Å². The zero-order chi connectivity index (χ0) is 29.4. The van der Waals surface area contributed by atoms with Crippen molar-refractivity contribution in [3.63, 3.8) is 0 Å². The van der Waals surface area contributed by atoms with Crippen LogP contribution in [0.4, 0.5) is 0 Å². The lowest BCUT2D eigenvalue weighted by atomic mass is 9.67. The van der Waals surface area contributed by atoms with E-state index in [4.69, 9.17) is 16.7 Å². The molecule has 0 aromatic heterocycles. The van der Waals surface area contributed by atoms with E-state index in [2.05, 4.69) is 0 Å². The molecule has 0 saturated carbocycles. The van der Waals surface area contributed by atoms with Crippen molar-refractivity contribution in [2.24, 2.45) is 17.8 Å². The fourth-order valence-electron chi connectivity index (χ4n) is 6.19. The second kappa shape index (κ2) is 14.8. The van der Waals surface area contributed by atoms with Crippen LogP contribution in [0.25, 0.3) is 6.08 Å². The second-order valence-corrected chi connectivity index (χ2v) is 11.3. The first kappa shape index (κ1) is 31.8. The number of hydrogen-bond acceptors (Lipinski definition) is 6. The quantitative estimate of drug-likeness (QED) is 0.126. The average molecular weight is 576 g/mol. The third-order valence-corrected chi connectivity index (χ3v) is 8.52. The Morgan fingerprint density at radius 1 is 1.15 bits per heavy atom. The van der Waals surface area contributed by atoms with Crippen LogP contribution in [0.1, 0.15) is 83.6 Å². The molecule has 2 aliphatic rings. The van der Waals surface area contributed by atoms with Gasteiger partial charge in [0.15, 0.2) is 0 Å². The van der Waals surface area contributed by atoms with E-state index in [1.54, 1.807) is 12.1 Å². The van der Waals surface area contributed by atoms with Crippen molar-refractivity contribution in [2.45, 2.75) is 84.2 Å². The van der Waals surface area contributed by atoms with E-state index in [0.717, 1.165) is 29.6 Å². The number of benzene rings is 1. The van der Waals surface area contributed by atoms with Gasteiger partial charge in [-0.25, -0.2) is 0 Å². The molecule has 40 heavy (non-hydrogen) atoms. The Kier molecular flexibility index (Phi) is 11.8. The number of phenols is 1. The molecule has 0 spiro atoms. The van der Waals surface area contributed by atoms with Gasteiger partial charge in [0.25, 0.3) is 0 Å². The Labute approximate surface area is 241 Å². The number of carbonyl (C=O) groups excluding carboxylic acids is 2. The Morgan fingerprint density at radius 3 is 2.52 bits per heavy atom. The molecule has 0 bridgehead atoms. The first-order valence-corrected chi connectivity index (χ1v) is 14.8. The maximum Gasteiger partial charge on any atom is 0.303 e. The number of unbranched alkanes of at least 4 members (excludes halogenated alkanes) is 2. The summed E-state index contributed by atoms with van der Waals surface area (Å²) < 4.78 is 0. The topological polar surface area (TPSA) is 135 Å². The Bertz CT molecular complexity index is 1140. The number of halogens is 1. The Hall–Kier alpha value is -2.68. The lowest BCUT2D eigenvalue weighted by molar-refractivity contribution is -0.141. The molecular weight excluding hydrogens is 534 g/mol. The van der Waals surface area contributed by atoms with Crippen molar-refractivity contribution in [1.29, 1.82) is 0 Å².